The Morgan fingerprint density at radius 2 is 1.56 bits per heavy atom. The number of aliphatic hydroxyl groups is 2. The summed E-state index contributed by atoms with van der Waals surface area (Å²) in [6.07, 6.45) is 13.4. The minimum Gasteiger partial charge on any atom is -1.00 e. The summed E-state index contributed by atoms with van der Waals surface area (Å²) in [6, 6.07) is 14.9. The van der Waals surface area contributed by atoms with E-state index in [0.717, 1.165) is 83.4 Å². The van der Waals surface area contributed by atoms with E-state index >= 15 is 0 Å². The lowest BCUT2D eigenvalue weighted by atomic mass is 9.80. The zero-order chi connectivity index (χ0) is 35.8. The molecule has 2 bridgehead atoms. The molecule has 1 aliphatic carbocycles. The van der Waals surface area contributed by atoms with Crippen molar-refractivity contribution in [1.29, 1.82) is 0 Å². The number of hydrogen-bond acceptors (Lipinski definition) is 8. The normalized spacial score (nSPS) is 23.2. The van der Waals surface area contributed by atoms with Gasteiger partial charge in [-0.1, -0.05) is 49.2 Å². The van der Waals surface area contributed by atoms with E-state index in [1.54, 1.807) is 12.1 Å². The van der Waals surface area contributed by atoms with E-state index in [1.807, 2.05) is 18.2 Å². The standard InChI is InChI=1S/C41H63N3O7.BrH/c45-32-43-37-28-34(16-17-38(37)46)39(47)29-42-20-11-27-50-25-9-2-8-24-49-26-10-7-21-44-22-18-33(19-23-44)40(30-44)51-31-41(48,36-14-5-6-15-36)35-12-3-1-4-13-35;/h1,3-4,12-13,16-17,28,32-33,36,39-40,42,47-48H,2,5-11,14-15,18-27,29-31H2,(H-,43,45,46);1H/t33?,39-,40-,41+,44?;/m0./s1. The number of phenolic OH excluding ortho intramolecular Hbond substituents is 1. The Morgan fingerprint density at radius 1 is 0.885 bits per heavy atom. The van der Waals surface area contributed by atoms with Crippen LogP contribution in [0.5, 0.6) is 5.75 Å². The predicted octanol–water partition coefficient (Wildman–Crippen LogP) is 2.66. The molecule has 1 saturated carbocycles. The number of halogens is 1. The highest BCUT2D eigenvalue weighted by atomic mass is 79.9. The van der Waals surface area contributed by atoms with Crippen LogP contribution in [0.1, 0.15) is 94.3 Å². The maximum atomic E-state index is 12.0. The second-order valence-electron chi connectivity index (χ2n) is 15.3. The lowest BCUT2D eigenvalue weighted by Crippen LogP contribution is -3.00. The number of carbonyl (C=O) groups is 1. The summed E-state index contributed by atoms with van der Waals surface area (Å²) in [5, 5.41) is 37.8. The van der Waals surface area contributed by atoms with Gasteiger partial charge < -0.3 is 61.6 Å². The van der Waals surface area contributed by atoms with Crippen LogP contribution in [-0.2, 0) is 24.6 Å². The predicted molar refractivity (Wildman–Crippen MR) is 199 cm³/mol. The smallest absolute Gasteiger partial charge is 0.211 e. The zero-order valence-electron chi connectivity index (χ0n) is 31.1. The number of fused-ring (bicyclic) bond motifs is 3. The second-order valence-corrected chi connectivity index (χ2v) is 15.3. The van der Waals surface area contributed by atoms with Gasteiger partial charge in [0.25, 0.3) is 0 Å². The van der Waals surface area contributed by atoms with Gasteiger partial charge in [-0.2, -0.15) is 0 Å². The molecule has 292 valence electrons. The van der Waals surface area contributed by atoms with Gasteiger partial charge in [0.15, 0.2) is 0 Å². The summed E-state index contributed by atoms with van der Waals surface area (Å²) in [4.78, 5) is 10.7. The first kappa shape index (κ1) is 42.6. The molecule has 3 aliphatic heterocycles. The van der Waals surface area contributed by atoms with Crippen molar-refractivity contribution in [3.8, 4) is 5.75 Å². The van der Waals surface area contributed by atoms with Crippen LogP contribution in [0, 0.1) is 11.8 Å². The number of phenols is 1. The summed E-state index contributed by atoms with van der Waals surface area (Å²) >= 11 is 0. The van der Waals surface area contributed by atoms with Crippen LogP contribution in [0.15, 0.2) is 48.5 Å². The number of unbranched alkanes of at least 4 members (excludes halogenated alkanes) is 3. The van der Waals surface area contributed by atoms with Gasteiger partial charge in [0, 0.05) is 51.7 Å². The number of rotatable bonds is 25. The molecule has 5 N–H and O–H groups in total. The highest BCUT2D eigenvalue weighted by Gasteiger charge is 2.48. The third-order valence-corrected chi connectivity index (χ3v) is 11.7. The third kappa shape index (κ3) is 12.5. The van der Waals surface area contributed by atoms with Gasteiger partial charge >= 0.3 is 0 Å². The number of quaternary nitrogens is 1. The number of nitrogens with one attached hydrogen (secondary N) is 2. The Labute approximate surface area is 322 Å². The Bertz CT molecular complexity index is 1290. The van der Waals surface area contributed by atoms with E-state index < -0.39 is 11.7 Å². The number of benzene rings is 2. The van der Waals surface area contributed by atoms with Crippen LogP contribution < -0.4 is 27.6 Å². The first-order valence-electron chi connectivity index (χ1n) is 19.7. The topological polar surface area (TPSA) is 130 Å². The van der Waals surface area contributed by atoms with Crippen molar-refractivity contribution in [2.24, 2.45) is 11.8 Å². The van der Waals surface area contributed by atoms with Crippen molar-refractivity contribution in [2.75, 3.05) is 77.6 Å². The molecule has 2 aromatic carbocycles. The Hall–Kier alpha value is -2.09. The van der Waals surface area contributed by atoms with Crippen molar-refractivity contribution < 1.29 is 55.8 Å². The number of ether oxygens (including phenoxy) is 3. The minimum atomic E-state index is -0.884. The highest BCUT2D eigenvalue weighted by Crippen LogP contribution is 2.42. The van der Waals surface area contributed by atoms with E-state index in [-0.39, 0.29) is 40.4 Å². The SMILES string of the molecule is O=CNc1cc([C@@H](O)CNCCCOCCCCCOCCCC[N+]23CCC(CC2)[C@@H](OC[C@@](O)(c2ccccc2)C2CCCC2)C3)ccc1O.[Br-]. The zero-order valence-corrected chi connectivity index (χ0v) is 32.7. The maximum absolute atomic E-state index is 12.0. The summed E-state index contributed by atoms with van der Waals surface area (Å²) in [6.45, 7) is 9.42. The fraction of sp³-hybridized carbons (Fsp3) is 0.683. The minimum absolute atomic E-state index is 0. The first-order chi connectivity index (χ1) is 24.9. The van der Waals surface area contributed by atoms with E-state index in [1.165, 1.54) is 62.3 Å². The Balaban J connectivity index is 0.00000605. The molecule has 2 aromatic rings. The summed E-state index contributed by atoms with van der Waals surface area (Å²) in [5.41, 5.74) is 1.04. The van der Waals surface area contributed by atoms with Crippen LogP contribution >= 0.6 is 0 Å². The fourth-order valence-corrected chi connectivity index (χ4v) is 8.56. The first-order valence-corrected chi connectivity index (χ1v) is 19.7. The molecule has 0 spiro atoms. The molecular formula is C41H64BrN3O7. The van der Waals surface area contributed by atoms with Gasteiger partial charge in [-0.3, -0.25) is 4.79 Å². The second kappa shape index (κ2) is 22.3. The average molecular weight is 791 g/mol. The molecule has 52 heavy (non-hydrogen) atoms. The average Bonchev–Trinajstić information content (AvgIpc) is 3.72. The number of amides is 1. The molecule has 4 aliphatic rings. The molecule has 0 aromatic heterocycles. The lowest BCUT2D eigenvalue weighted by Gasteiger charge is -2.53. The van der Waals surface area contributed by atoms with E-state index in [9.17, 15) is 20.1 Å². The van der Waals surface area contributed by atoms with Gasteiger partial charge in [-0.05, 0) is 87.1 Å². The third-order valence-electron chi connectivity index (χ3n) is 11.7. The highest BCUT2D eigenvalue weighted by molar-refractivity contribution is 5.75. The molecule has 3 atom stereocenters. The Kier molecular flexibility index (Phi) is 18.3. The largest absolute Gasteiger partial charge is 1.00 e. The lowest BCUT2D eigenvalue weighted by molar-refractivity contribution is -0.946. The molecule has 6 rings (SSSR count). The van der Waals surface area contributed by atoms with E-state index in [4.69, 9.17) is 14.2 Å². The maximum Gasteiger partial charge on any atom is 0.211 e. The number of piperidine rings is 3. The summed E-state index contributed by atoms with van der Waals surface area (Å²) < 4.78 is 19.6. The van der Waals surface area contributed by atoms with Crippen LogP contribution in [0.25, 0.3) is 0 Å². The van der Waals surface area contributed by atoms with Crippen LogP contribution in [0.2, 0.25) is 0 Å². The molecule has 10 nitrogen and oxygen atoms in total. The fourth-order valence-electron chi connectivity index (χ4n) is 8.56. The van der Waals surface area contributed by atoms with Crippen LogP contribution in [0.4, 0.5) is 5.69 Å². The monoisotopic (exact) mass is 789 g/mol. The number of hydrogen-bond donors (Lipinski definition) is 5. The summed E-state index contributed by atoms with van der Waals surface area (Å²) in [5.74, 6) is 0.883. The van der Waals surface area contributed by atoms with Crippen molar-refractivity contribution >= 4 is 12.1 Å². The van der Waals surface area contributed by atoms with Crippen LogP contribution in [0.3, 0.4) is 0 Å². The van der Waals surface area contributed by atoms with Gasteiger partial charge in [-0.15, -0.1) is 0 Å². The molecule has 0 unspecified atom stereocenters. The van der Waals surface area contributed by atoms with Crippen molar-refractivity contribution in [3.05, 3.63) is 59.7 Å². The summed E-state index contributed by atoms with van der Waals surface area (Å²) in [7, 11) is 0. The molecular weight excluding hydrogens is 726 g/mol. The number of aliphatic hydroxyl groups excluding tert-OH is 1. The number of aromatic hydroxyl groups is 1. The number of anilines is 1. The van der Waals surface area contributed by atoms with Gasteiger partial charge in [0.05, 0.1) is 38.0 Å². The molecule has 11 heteroatoms. The van der Waals surface area contributed by atoms with Crippen molar-refractivity contribution in [3.63, 3.8) is 0 Å². The number of carbonyl (C=O) groups excluding carboxylic acids is 1. The molecule has 0 radical (unpaired) electrons. The van der Waals surface area contributed by atoms with Gasteiger partial charge in [0.2, 0.25) is 6.41 Å². The molecule has 3 saturated heterocycles. The molecule has 1 amide bonds. The molecule has 4 fully saturated rings. The van der Waals surface area contributed by atoms with Gasteiger partial charge in [0.1, 0.15) is 24.0 Å². The van der Waals surface area contributed by atoms with Crippen molar-refractivity contribution in [2.45, 2.75) is 94.9 Å². The van der Waals surface area contributed by atoms with Gasteiger partial charge in [-0.25, -0.2) is 0 Å². The number of nitrogens with zero attached hydrogens (tertiary/aromatic N) is 1. The van der Waals surface area contributed by atoms with E-state index in [0.29, 0.717) is 37.6 Å². The van der Waals surface area contributed by atoms with Crippen LogP contribution in [-0.4, -0.2) is 105 Å². The molecule has 3 heterocycles. The quantitative estimate of drug-likeness (QED) is 0.0450. The van der Waals surface area contributed by atoms with E-state index in [2.05, 4.69) is 22.8 Å². The Morgan fingerprint density at radius 3 is 2.25 bits per heavy atom. The van der Waals surface area contributed by atoms with Crippen molar-refractivity contribution in [1.82, 2.24) is 5.32 Å².